The maximum absolute atomic E-state index is 6.16. The highest BCUT2D eigenvalue weighted by molar-refractivity contribution is 6.31. The molecule has 0 fully saturated rings. The van der Waals surface area contributed by atoms with Crippen LogP contribution in [-0.2, 0) is 0 Å². The number of hydrogen-bond donors (Lipinski definition) is 0. The Morgan fingerprint density at radius 1 is 0.944 bits per heavy atom. The third kappa shape index (κ3) is 2.29. The number of hydrogen-bond acceptors (Lipinski definition) is 2. The summed E-state index contributed by atoms with van der Waals surface area (Å²) in [6, 6.07) is 11.6. The number of halogens is 1. The molecule has 0 unspecified atom stereocenters. The molecule has 0 bridgehead atoms. The fourth-order valence-corrected chi connectivity index (χ4v) is 2.10. The zero-order valence-corrected chi connectivity index (χ0v) is 11.4. The topological polar surface area (TPSA) is 18.5 Å². The summed E-state index contributed by atoms with van der Waals surface area (Å²) >= 11 is 6.16. The Balaban J connectivity index is 2.64. The van der Waals surface area contributed by atoms with Crippen LogP contribution in [0.4, 0.5) is 0 Å². The Labute approximate surface area is 112 Å². The van der Waals surface area contributed by atoms with Gasteiger partial charge in [-0.3, -0.25) is 0 Å². The molecule has 0 heterocycles. The quantitative estimate of drug-likeness (QED) is 0.820. The van der Waals surface area contributed by atoms with Crippen LogP contribution in [0.5, 0.6) is 11.5 Å². The first-order chi connectivity index (χ1) is 8.67. The molecule has 0 radical (unpaired) electrons. The van der Waals surface area contributed by atoms with Gasteiger partial charge in [0.25, 0.3) is 0 Å². The molecule has 94 valence electrons. The molecule has 0 aliphatic carbocycles. The number of rotatable bonds is 3. The highest BCUT2D eigenvalue weighted by atomic mass is 35.5. The molecule has 0 saturated heterocycles. The van der Waals surface area contributed by atoms with Gasteiger partial charge in [0.05, 0.1) is 14.2 Å². The predicted octanol–water partition coefficient (Wildman–Crippen LogP) is 4.33. The second-order valence-electron chi connectivity index (χ2n) is 3.98. The maximum Gasteiger partial charge on any atom is 0.126 e. The van der Waals surface area contributed by atoms with Gasteiger partial charge in [-0.25, -0.2) is 0 Å². The highest BCUT2D eigenvalue weighted by Crippen LogP contribution is 2.36. The zero-order valence-electron chi connectivity index (χ0n) is 10.7. The average Bonchev–Trinajstić information content (AvgIpc) is 2.41. The summed E-state index contributed by atoms with van der Waals surface area (Å²) in [5.41, 5.74) is 3.07. The second kappa shape index (κ2) is 5.32. The number of benzene rings is 2. The summed E-state index contributed by atoms with van der Waals surface area (Å²) in [5.74, 6) is 1.60. The first-order valence-corrected chi connectivity index (χ1v) is 6.02. The Kier molecular flexibility index (Phi) is 3.78. The minimum Gasteiger partial charge on any atom is -0.497 e. The second-order valence-corrected chi connectivity index (χ2v) is 4.39. The molecule has 3 heteroatoms. The van der Waals surface area contributed by atoms with Gasteiger partial charge in [-0.1, -0.05) is 23.7 Å². The van der Waals surface area contributed by atoms with Crippen LogP contribution in [0, 0.1) is 6.92 Å². The van der Waals surface area contributed by atoms with Gasteiger partial charge < -0.3 is 9.47 Å². The fraction of sp³-hybridized carbons (Fsp3) is 0.200. The fourth-order valence-electron chi connectivity index (χ4n) is 1.92. The van der Waals surface area contributed by atoms with Crippen molar-refractivity contribution in [2.24, 2.45) is 0 Å². The van der Waals surface area contributed by atoms with Crippen molar-refractivity contribution < 1.29 is 9.47 Å². The molecule has 0 N–H and O–H groups in total. The van der Waals surface area contributed by atoms with Crippen molar-refractivity contribution in [2.45, 2.75) is 6.92 Å². The minimum atomic E-state index is 0.748. The lowest BCUT2D eigenvalue weighted by atomic mass is 9.99. The highest BCUT2D eigenvalue weighted by Gasteiger charge is 2.11. The molecule has 0 aliphatic heterocycles. The predicted molar refractivity (Wildman–Crippen MR) is 74.7 cm³/mol. The van der Waals surface area contributed by atoms with Crippen LogP contribution >= 0.6 is 11.6 Å². The molecule has 0 atom stereocenters. The van der Waals surface area contributed by atoms with E-state index in [4.69, 9.17) is 21.1 Å². The van der Waals surface area contributed by atoms with Crippen LogP contribution < -0.4 is 9.47 Å². The SMILES string of the molecule is COc1ccc(OC)c(-c2cccc(Cl)c2C)c1. The number of ether oxygens (including phenoxy) is 2. The van der Waals surface area contributed by atoms with Crippen molar-refractivity contribution in [1.82, 2.24) is 0 Å². The van der Waals surface area contributed by atoms with Crippen LogP contribution in [0.25, 0.3) is 11.1 Å². The van der Waals surface area contributed by atoms with Gasteiger partial charge in [0.2, 0.25) is 0 Å². The Hall–Kier alpha value is -1.67. The standard InChI is InChI=1S/C15H15ClO2/c1-10-12(5-4-6-14(10)16)13-9-11(17-2)7-8-15(13)18-3/h4-9H,1-3H3. The summed E-state index contributed by atoms with van der Waals surface area (Å²) in [7, 11) is 3.31. The van der Waals surface area contributed by atoms with Crippen molar-refractivity contribution in [3.05, 3.63) is 47.0 Å². The van der Waals surface area contributed by atoms with Gasteiger partial charge in [-0.2, -0.15) is 0 Å². The molecule has 0 aliphatic rings. The molecule has 0 aromatic heterocycles. The largest absolute Gasteiger partial charge is 0.497 e. The third-order valence-electron chi connectivity index (χ3n) is 2.96. The lowest BCUT2D eigenvalue weighted by Crippen LogP contribution is -1.92. The first-order valence-electron chi connectivity index (χ1n) is 5.65. The maximum atomic E-state index is 6.16. The van der Waals surface area contributed by atoms with Gasteiger partial charge >= 0.3 is 0 Å². The van der Waals surface area contributed by atoms with Crippen molar-refractivity contribution >= 4 is 11.6 Å². The summed E-state index contributed by atoms with van der Waals surface area (Å²) < 4.78 is 10.7. The van der Waals surface area contributed by atoms with Gasteiger partial charge in [0.15, 0.2) is 0 Å². The monoisotopic (exact) mass is 262 g/mol. The third-order valence-corrected chi connectivity index (χ3v) is 3.37. The summed E-state index contributed by atoms with van der Waals surface area (Å²) in [4.78, 5) is 0. The van der Waals surface area contributed by atoms with E-state index in [0.29, 0.717) is 0 Å². The average molecular weight is 263 g/mol. The Morgan fingerprint density at radius 3 is 2.39 bits per heavy atom. The molecule has 0 amide bonds. The summed E-state index contributed by atoms with van der Waals surface area (Å²) in [5, 5.41) is 0.748. The van der Waals surface area contributed by atoms with E-state index in [1.165, 1.54) is 0 Å². The lowest BCUT2D eigenvalue weighted by molar-refractivity contribution is 0.404. The molecule has 2 rings (SSSR count). The van der Waals surface area contributed by atoms with Crippen molar-refractivity contribution in [1.29, 1.82) is 0 Å². The Morgan fingerprint density at radius 2 is 1.72 bits per heavy atom. The van der Waals surface area contributed by atoms with Crippen LogP contribution in [0.1, 0.15) is 5.56 Å². The summed E-state index contributed by atoms with van der Waals surface area (Å²) in [6.07, 6.45) is 0. The normalized spacial score (nSPS) is 10.2. The smallest absolute Gasteiger partial charge is 0.126 e. The van der Waals surface area contributed by atoms with Crippen molar-refractivity contribution in [2.75, 3.05) is 14.2 Å². The van der Waals surface area contributed by atoms with E-state index in [1.807, 2.05) is 43.3 Å². The first kappa shape index (κ1) is 12.8. The molecular weight excluding hydrogens is 248 g/mol. The molecule has 2 nitrogen and oxygen atoms in total. The minimum absolute atomic E-state index is 0.748. The van der Waals surface area contributed by atoms with Gasteiger partial charge in [-0.05, 0) is 42.3 Å². The van der Waals surface area contributed by atoms with Crippen LogP contribution in [-0.4, -0.2) is 14.2 Å². The van der Waals surface area contributed by atoms with E-state index in [2.05, 4.69) is 0 Å². The zero-order chi connectivity index (χ0) is 13.1. The molecule has 0 saturated carbocycles. The van der Waals surface area contributed by atoms with Crippen molar-refractivity contribution in [3.8, 4) is 22.6 Å². The van der Waals surface area contributed by atoms with Crippen LogP contribution in [0.3, 0.4) is 0 Å². The van der Waals surface area contributed by atoms with Gasteiger partial charge in [0, 0.05) is 10.6 Å². The van der Waals surface area contributed by atoms with Crippen LogP contribution in [0.15, 0.2) is 36.4 Å². The van der Waals surface area contributed by atoms with E-state index in [0.717, 1.165) is 33.2 Å². The number of methoxy groups -OCH3 is 2. The molecule has 18 heavy (non-hydrogen) atoms. The van der Waals surface area contributed by atoms with Gasteiger partial charge in [0.1, 0.15) is 11.5 Å². The summed E-state index contributed by atoms with van der Waals surface area (Å²) in [6.45, 7) is 2.00. The Bertz CT molecular complexity index is 564. The van der Waals surface area contributed by atoms with E-state index < -0.39 is 0 Å². The van der Waals surface area contributed by atoms with Crippen LogP contribution in [0.2, 0.25) is 5.02 Å². The van der Waals surface area contributed by atoms with E-state index in [1.54, 1.807) is 14.2 Å². The van der Waals surface area contributed by atoms with E-state index in [-0.39, 0.29) is 0 Å². The van der Waals surface area contributed by atoms with Crippen molar-refractivity contribution in [3.63, 3.8) is 0 Å². The molecular formula is C15H15ClO2. The molecule has 0 spiro atoms. The molecule has 2 aromatic carbocycles. The van der Waals surface area contributed by atoms with Gasteiger partial charge in [-0.15, -0.1) is 0 Å². The lowest BCUT2D eigenvalue weighted by Gasteiger charge is -2.13. The van der Waals surface area contributed by atoms with E-state index in [9.17, 15) is 0 Å². The molecule has 2 aromatic rings. The van der Waals surface area contributed by atoms with E-state index >= 15 is 0 Å².